The van der Waals surface area contributed by atoms with Crippen molar-refractivity contribution in [2.75, 3.05) is 11.1 Å². The predicted octanol–water partition coefficient (Wildman–Crippen LogP) is 2.80. The van der Waals surface area contributed by atoms with Crippen molar-refractivity contribution in [3.05, 3.63) is 32.7 Å². The molecule has 2 aromatic heterocycles. The first kappa shape index (κ1) is 11.3. The monoisotopic (exact) mass is 298 g/mol. The number of aromatic nitrogens is 2. The fourth-order valence-corrected chi connectivity index (χ4v) is 2.74. The molecule has 0 aromatic carbocycles. The topological polar surface area (TPSA) is 63.8 Å². The van der Waals surface area contributed by atoms with E-state index in [0.717, 1.165) is 16.8 Å². The van der Waals surface area contributed by atoms with Crippen LogP contribution >= 0.6 is 27.3 Å². The summed E-state index contributed by atoms with van der Waals surface area (Å²) >= 11 is 5.17. The third-order valence-electron chi connectivity index (χ3n) is 1.98. The van der Waals surface area contributed by atoms with E-state index in [9.17, 15) is 0 Å². The van der Waals surface area contributed by atoms with Gasteiger partial charge in [-0.25, -0.2) is 9.97 Å². The Bertz CT molecular complexity index is 477. The van der Waals surface area contributed by atoms with Crippen molar-refractivity contribution in [1.29, 1.82) is 0 Å². The molecule has 0 unspecified atom stereocenters. The van der Waals surface area contributed by atoms with Crippen molar-refractivity contribution in [1.82, 2.24) is 9.97 Å². The summed E-state index contributed by atoms with van der Waals surface area (Å²) in [5.41, 5.74) is 5.64. The van der Waals surface area contributed by atoms with Crippen LogP contribution < -0.4 is 11.1 Å². The Balaban J connectivity index is 2.07. The van der Waals surface area contributed by atoms with Gasteiger partial charge in [-0.05, 0) is 34.3 Å². The van der Waals surface area contributed by atoms with Crippen molar-refractivity contribution in [3.8, 4) is 0 Å². The van der Waals surface area contributed by atoms with Crippen LogP contribution in [0.25, 0.3) is 0 Å². The minimum atomic E-state index is 0.486. The summed E-state index contributed by atoms with van der Waals surface area (Å²) in [5, 5.41) is 5.26. The summed E-state index contributed by atoms with van der Waals surface area (Å²) in [5.74, 6) is 1.92. The quantitative estimate of drug-likeness (QED) is 0.914. The Morgan fingerprint density at radius 3 is 2.94 bits per heavy atom. The highest BCUT2D eigenvalue weighted by Crippen LogP contribution is 2.23. The molecule has 0 amide bonds. The van der Waals surface area contributed by atoms with Crippen LogP contribution in [0.3, 0.4) is 0 Å². The second-order valence-electron chi connectivity index (χ2n) is 3.27. The first-order valence-electron chi connectivity index (χ1n) is 4.72. The second-order valence-corrected chi connectivity index (χ2v) is 5.13. The third-order valence-corrected chi connectivity index (χ3v) is 3.91. The molecule has 0 saturated heterocycles. The van der Waals surface area contributed by atoms with Crippen LogP contribution in [0.2, 0.25) is 0 Å². The molecule has 0 saturated carbocycles. The molecule has 2 rings (SSSR count). The largest absolute Gasteiger partial charge is 0.384 e. The smallest absolute Gasteiger partial charge is 0.132 e. The first-order chi connectivity index (χ1) is 7.65. The normalized spacial score (nSPS) is 10.4. The van der Waals surface area contributed by atoms with Crippen molar-refractivity contribution in [3.63, 3.8) is 0 Å². The van der Waals surface area contributed by atoms with Gasteiger partial charge in [0.05, 0.1) is 6.54 Å². The van der Waals surface area contributed by atoms with Crippen LogP contribution in [0, 0.1) is 6.92 Å². The fourth-order valence-electron chi connectivity index (χ4n) is 1.30. The zero-order valence-electron chi connectivity index (χ0n) is 8.70. The van der Waals surface area contributed by atoms with E-state index in [1.807, 2.05) is 18.4 Å². The lowest BCUT2D eigenvalue weighted by Gasteiger charge is -2.06. The van der Waals surface area contributed by atoms with Crippen LogP contribution in [-0.2, 0) is 6.54 Å². The Hall–Kier alpha value is -1.14. The highest BCUT2D eigenvalue weighted by molar-refractivity contribution is 9.10. The zero-order valence-corrected chi connectivity index (χ0v) is 11.1. The van der Waals surface area contributed by atoms with Crippen LogP contribution in [0.5, 0.6) is 0 Å². The molecular formula is C10H11BrN4S. The zero-order chi connectivity index (χ0) is 11.5. The number of hydrogen-bond acceptors (Lipinski definition) is 5. The van der Waals surface area contributed by atoms with Crippen LogP contribution in [0.1, 0.15) is 10.7 Å². The number of aryl methyl sites for hydroxylation is 1. The number of nitrogens with zero attached hydrogens (tertiary/aromatic N) is 2. The van der Waals surface area contributed by atoms with Crippen molar-refractivity contribution >= 4 is 38.9 Å². The maximum absolute atomic E-state index is 5.64. The van der Waals surface area contributed by atoms with Gasteiger partial charge in [0.1, 0.15) is 17.5 Å². The molecule has 16 heavy (non-hydrogen) atoms. The van der Waals surface area contributed by atoms with Crippen molar-refractivity contribution < 1.29 is 0 Å². The minimum Gasteiger partial charge on any atom is -0.384 e. The molecule has 84 valence electrons. The molecule has 2 aromatic rings. The first-order valence-corrected chi connectivity index (χ1v) is 6.39. The van der Waals surface area contributed by atoms with Gasteiger partial charge in [-0.3, -0.25) is 0 Å². The maximum atomic E-state index is 5.64. The standard InChI is InChI=1S/C10H11BrN4S/c1-6-14-9(12)4-10(15-6)13-5-8-7(11)2-3-16-8/h2-4H,5H2,1H3,(H3,12,13,14,15). The Kier molecular flexibility index (Phi) is 3.40. The molecule has 0 fully saturated rings. The van der Waals surface area contributed by atoms with Gasteiger partial charge in [-0.2, -0.15) is 0 Å². The average molecular weight is 299 g/mol. The Morgan fingerprint density at radius 1 is 1.50 bits per heavy atom. The molecule has 6 heteroatoms. The highest BCUT2D eigenvalue weighted by Gasteiger charge is 2.02. The lowest BCUT2D eigenvalue weighted by molar-refractivity contribution is 1.03. The predicted molar refractivity (Wildman–Crippen MR) is 70.5 cm³/mol. The van der Waals surface area contributed by atoms with E-state index in [-0.39, 0.29) is 0 Å². The summed E-state index contributed by atoms with van der Waals surface area (Å²) in [4.78, 5) is 9.50. The summed E-state index contributed by atoms with van der Waals surface area (Å²) < 4.78 is 1.11. The van der Waals surface area contributed by atoms with E-state index >= 15 is 0 Å². The molecule has 0 atom stereocenters. The summed E-state index contributed by atoms with van der Waals surface area (Å²) in [6.45, 7) is 2.55. The van der Waals surface area contributed by atoms with Gasteiger partial charge in [0, 0.05) is 15.4 Å². The fraction of sp³-hybridized carbons (Fsp3) is 0.200. The van der Waals surface area contributed by atoms with Gasteiger partial charge in [0.15, 0.2) is 0 Å². The molecule has 0 aliphatic carbocycles. The van der Waals surface area contributed by atoms with Crippen LogP contribution in [-0.4, -0.2) is 9.97 Å². The molecule has 4 nitrogen and oxygen atoms in total. The second kappa shape index (κ2) is 4.80. The number of nitrogens with one attached hydrogen (secondary N) is 1. The Morgan fingerprint density at radius 2 is 2.31 bits per heavy atom. The molecule has 0 aliphatic heterocycles. The van der Waals surface area contributed by atoms with Gasteiger partial charge in [0.2, 0.25) is 0 Å². The van der Waals surface area contributed by atoms with E-state index in [1.54, 1.807) is 17.4 Å². The minimum absolute atomic E-state index is 0.486. The number of rotatable bonds is 3. The van der Waals surface area contributed by atoms with Gasteiger partial charge >= 0.3 is 0 Å². The van der Waals surface area contributed by atoms with E-state index in [4.69, 9.17) is 5.73 Å². The molecule has 3 N–H and O–H groups in total. The van der Waals surface area contributed by atoms with E-state index in [2.05, 4.69) is 31.2 Å². The van der Waals surface area contributed by atoms with Gasteiger partial charge in [-0.15, -0.1) is 11.3 Å². The number of nitrogen functional groups attached to an aromatic ring is 1. The molecule has 0 spiro atoms. The number of hydrogen-bond donors (Lipinski definition) is 2. The number of anilines is 2. The number of nitrogens with two attached hydrogens (primary N) is 1. The number of thiophene rings is 1. The van der Waals surface area contributed by atoms with Crippen LogP contribution in [0.4, 0.5) is 11.6 Å². The molecule has 2 heterocycles. The van der Waals surface area contributed by atoms with Gasteiger partial charge in [-0.1, -0.05) is 0 Å². The summed E-state index contributed by atoms with van der Waals surface area (Å²) in [6.07, 6.45) is 0. The van der Waals surface area contributed by atoms with Crippen LogP contribution in [0.15, 0.2) is 22.0 Å². The van der Waals surface area contributed by atoms with Gasteiger partial charge in [0.25, 0.3) is 0 Å². The molecule has 0 aliphatic rings. The third kappa shape index (κ3) is 2.70. The highest BCUT2D eigenvalue weighted by atomic mass is 79.9. The lowest BCUT2D eigenvalue weighted by Crippen LogP contribution is -2.04. The summed E-state index contributed by atoms with van der Waals surface area (Å²) in [6, 6.07) is 3.76. The lowest BCUT2D eigenvalue weighted by atomic mass is 10.4. The van der Waals surface area contributed by atoms with Crippen molar-refractivity contribution in [2.45, 2.75) is 13.5 Å². The summed E-state index contributed by atoms with van der Waals surface area (Å²) in [7, 11) is 0. The van der Waals surface area contributed by atoms with E-state index in [1.165, 1.54) is 4.88 Å². The molecule has 0 bridgehead atoms. The molecular weight excluding hydrogens is 288 g/mol. The average Bonchev–Trinajstić information content (AvgIpc) is 2.59. The number of halogens is 1. The Labute approximate surface area is 106 Å². The van der Waals surface area contributed by atoms with Crippen molar-refractivity contribution in [2.24, 2.45) is 0 Å². The van der Waals surface area contributed by atoms with E-state index in [0.29, 0.717) is 11.6 Å². The van der Waals surface area contributed by atoms with Gasteiger partial charge < -0.3 is 11.1 Å². The SMILES string of the molecule is Cc1nc(N)cc(NCc2sccc2Br)n1. The van der Waals surface area contributed by atoms with E-state index < -0.39 is 0 Å². The molecule has 0 radical (unpaired) electrons. The maximum Gasteiger partial charge on any atom is 0.132 e.